The van der Waals surface area contributed by atoms with Crippen molar-refractivity contribution in [3.63, 3.8) is 0 Å². The van der Waals surface area contributed by atoms with E-state index in [-0.39, 0.29) is 36.5 Å². The number of carboxylic acid groups (broad SMARTS) is 2. The maximum absolute atomic E-state index is 11.6. The minimum atomic E-state index is -1.30. The second-order valence-corrected chi connectivity index (χ2v) is 6.42. The van der Waals surface area contributed by atoms with E-state index in [1.807, 2.05) is 0 Å². The molecule has 2 aliphatic rings. The number of carboxylic acids is 2. The Morgan fingerprint density at radius 3 is 2.72 bits per heavy atom. The average molecular weight is 402 g/mol. The highest BCUT2D eigenvalue weighted by Crippen LogP contribution is 2.39. The topological polar surface area (TPSA) is 148 Å². The average Bonchev–Trinajstić information content (AvgIpc) is 3.03. The molecule has 2 unspecified atom stereocenters. The van der Waals surface area contributed by atoms with Crippen molar-refractivity contribution in [3.8, 4) is 11.5 Å². The van der Waals surface area contributed by atoms with Crippen LogP contribution in [0, 0.1) is 0 Å². The van der Waals surface area contributed by atoms with Gasteiger partial charge in [-0.1, -0.05) is 0 Å². The number of phenolic OH excluding ortho intramolecular Hbond substituents is 1. The van der Waals surface area contributed by atoms with Crippen LogP contribution in [0.15, 0.2) is 35.6 Å². The number of methoxy groups -OCH3 is 1. The van der Waals surface area contributed by atoms with E-state index in [0.717, 1.165) is 0 Å². The van der Waals surface area contributed by atoms with Crippen LogP contribution >= 0.6 is 0 Å². The van der Waals surface area contributed by atoms with Gasteiger partial charge in [-0.25, -0.2) is 4.79 Å². The second-order valence-electron chi connectivity index (χ2n) is 6.42. The van der Waals surface area contributed by atoms with Crippen LogP contribution in [0.1, 0.15) is 12.0 Å². The standard InChI is InChI=1S/C19H18N2O8/c1-28-16-7-11-6-14(19(26)27)21(13(11)8-15(16)23)3-2-10-4-12(18(24)25)20-17(5-10)29-9-22/h2-4,7-9,14,17H,5-6H2,1H3,(H3,23,24,25,26,27). The zero-order chi connectivity index (χ0) is 21.1. The molecule has 3 rings (SSSR count). The van der Waals surface area contributed by atoms with E-state index in [1.54, 1.807) is 6.07 Å². The van der Waals surface area contributed by atoms with Gasteiger partial charge in [-0.2, -0.15) is 4.58 Å². The fraction of sp³-hybridized carbons (Fsp3) is 0.263. The molecule has 0 saturated heterocycles. The van der Waals surface area contributed by atoms with Crippen LogP contribution in [0.2, 0.25) is 0 Å². The molecule has 29 heavy (non-hydrogen) atoms. The summed E-state index contributed by atoms with van der Waals surface area (Å²) in [4.78, 5) is 33.5. The van der Waals surface area contributed by atoms with Crippen LogP contribution in [0.5, 0.6) is 11.5 Å². The van der Waals surface area contributed by atoms with E-state index in [0.29, 0.717) is 16.8 Å². The van der Waals surface area contributed by atoms with E-state index in [4.69, 9.17) is 9.47 Å². The number of allylic oxidation sites excluding steroid dienone is 2. The number of carbonyl (C=O) groups is 3. The van der Waals surface area contributed by atoms with Crippen LogP contribution < -0.4 is 15.2 Å². The third-order valence-corrected chi connectivity index (χ3v) is 4.65. The predicted octanol–water partition coefficient (Wildman–Crippen LogP) is -0.822. The summed E-state index contributed by atoms with van der Waals surface area (Å²) in [6.07, 6.45) is 3.81. The van der Waals surface area contributed by atoms with E-state index < -0.39 is 24.2 Å². The number of aromatic hydroxyl groups is 1. The molecule has 10 nitrogen and oxygen atoms in total. The van der Waals surface area contributed by atoms with Crippen molar-refractivity contribution >= 4 is 30.3 Å². The summed E-state index contributed by atoms with van der Waals surface area (Å²) in [6, 6.07) is 1.94. The van der Waals surface area contributed by atoms with Crippen LogP contribution in [0.4, 0.5) is 5.69 Å². The van der Waals surface area contributed by atoms with E-state index in [9.17, 15) is 29.7 Å². The van der Waals surface area contributed by atoms with Crippen molar-refractivity contribution in [2.75, 3.05) is 7.11 Å². The van der Waals surface area contributed by atoms with Gasteiger partial charge in [0.1, 0.15) is 11.7 Å². The second kappa shape index (κ2) is 8.05. The number of rotatable bonds is 6. The molecule has 10 heteroatoms. The van der Waals surface area contributed by atoms with Gasteiger partial charge in [0.2, 0.25) is 11.7 Å². The number of fused-ring (bicyclic) bond motifs is 1. The molecule has 2 heterocycles. The largest absolute Gasteiger partial charge is 0.543 e. The van der Waals surface area contributed by atoms with E-state index >= 15 is 0 Å². The van der Waals surface area contributed by atoms with Gasteiger partial charge in [0.05, 0.1) is 13.2 Å². The van der Waals surface area contributed by atoms with Crippen molar-refractivity contribution in [1.29, 1.82) is 0 Å². The van der Waals surface area contributed by atoms with Crippen LogP contribution in [0.25, 0.3) is 0 Å². The fourth-order valence-corrected chi connectivity index (χ4v) is 3.31. The summed E-state index contributed by atoms with van der Waals surface area (Å²) in [7, 11) is 1.39. The first-order valence-electron chi connectivity index (χ1n) is 8.57. The summed E-state index contributed by atoms with van der Waals surface area (Å²) in [5, 5.41) is 33.4. The fourth-order valence-electron chi connectivity index (χ4n) is 3.31. The molecule has 3 N–H and O–H groups in total. The number of aliphatic carboxylic acids is 2. The van der Waals surface area contributed by atoms with Gasteiger partial charge in [0.15, 0.2) is 23.9 Å². The number of nitrogens with one attached hydrogen (secondary N) is 1. The molecule has 0 bridgehead atoms. The van der Waals surface area contributed by atoms with Crippen molar-refractivity contribution in [1.82, 2.24) is 5.32 Å². The van der Waals surface area contributed by atoms with Gasteiger partial charge in [0, 0.05) is 24.5 Å². The predicted molar refractivity (Wildman–Crippen MR) is 95.6 cm³/mol. The SMILES string of the molecule is COc1cc2c(cc1O)/[N+](=C/C=C1/C=C(C(=O)O)NC(OC=O)C1)C(C(=O)[O-])C2. The maximum atomic E-state index is 11.6. The summed E-state index contributed by atoms with van der Waals surface area (Å²) in [6.45, 7) is 0.211. The van der Waals surface area contributed by atoms with Gasteiger partial charge in [-0.15, -0.1) is 0 Å². The minimum absolute atomic E-state index is 0.141. The smallest absolute Gasteiger partial charge is 0.352 e. The summed E-state index contributed by atoms with van der Waals surface area (Å²) >= 11 is 0. The molecule has 0 radical (unpaired) electrons. The minimum Gasteiger partial charge on any atom is -0.543 e. The number of nitrogens with zero attached hydrogens (tertiary/aromatic N) is 1. The quantitative estimate of drug-likeness (QED) is 0.410. The molecule has 2 aliphatic heterocycles. The lowest BCUT2D eigenvalue weighted by atomic mass is 10.1. The van der Waals surface area contributed by atoms with Gasteiger partial charge in [-0.05, 0) is 17.7 Å². The maximum Gasteiger partial charge on any atom is 0.352 e. The summed E-state index contributed by atoms with van der Waals surface area (Å²) in [5.74, 6) is -2.46. The van der Waals surface area contributed by atoms with Gasteiger partial charge < -0.3 is 34.9 Å². The lowest BCUT2D eigenvalue weighted by molar-refractivity contribution is -0.475. The zero-order valence-electron chi connectivity index (χ0n) is 15.3. The van der Waals surface area contributed by atoms with Gasteiger partial charge in [0.25, 0.3) is 6.47 Å². The van der Waals surface area contributed by atoms with Crippen molar-refractivity contribution in [2.24, 2.45) is 0 Å². The Morgan fingerprint density at radius 2 is 2.10 bits per heavy atom. The molecule has 0 fully saturated rings. The van der Waals surface area contributed by atoms with Crippen molar-refractivity contribution < 1.29 is 43.8 Å². The first kappa shape index (κ1) is 19.9. The Morgan fingerprint density at radius 1 is 1.34 bits per heavy atom. The van der Waals surface area contributed by atoms with Crippen LogP contribution in [-0.4, -0.2) is 58.8 Å². The first-order chi connectivity index (χ1) is 13.8. The molecule has 1 aromatic carbocycles. The molecular formula is C19H18N2O8. The van der Waals surface area contributed by atoms with Crippen molar-refractivity contribution in [2.45, 2.75) is 25.1 Å². The Hall–Kier alpha value is -3.82. The Labute approximate surface area is 165 Å². The molecule has 0 amide bonds. The number of hydrogen-bond donors (Lipinski definition) is 3. The van der Waals surface area contributed by atoms with Crippen molar-refractivity contribution in [3.05, 3.63) is 41.1 Å². The number of carbonyl (C=O) groups excluding carboxylic acids is 2. The summed E-state index contributed by atoms with van der Waals surface area (Å²) in [5.41, 5.74) is 1.45. The number of benzene rings is 1. The number of ether oxygens (including phenoxy) is 2. The Bertz CT molecular complexity index is 963. The third kappa shape index (κ3) is 4.05. The van der Waals surface area contributed by atoms with Crippen LogP contribution in [-0.2, 0) is 25.5 Å². The number of phenols is 1. The highest BCUT2D eigenvalue weighted by molar-refractivity contribution is 5.87. The highest BCUT2D eigenvalue weighted by Gasteiger charge is 2.36. The summed E-state index contributed by atoms with van der Waals surface area (Å²) < 4.78 is 11.3. The van der Waals surface area contributed by atoms with E-state index in [2.05, 4.69) is 5.32 Å². The Balaban J connectivity index is 2.02. The molecule has 2 atom stereocenters. The van der Waals surface area contributed by atoms with E-state index in [1.165, 1.54) is 36.1 Å². The molecule has 152 valence electrons. The van der Waals surface area contributed by atoms with Gasteiger partial charge >= 0.3 is 5.97 Å². The number of hydrogen-bond acceptors (Lipinski definition) is 8. The first-order valence-corrected chi connectivity index (χ1v) is 8.57. The molecule has 0 aromatic heterocycles. The lowest BCUT2D eigenvalue weighted by Crippen LogP contribution is -2.40. The monoisotopic (exact) mass is 402 g/mol. The Kier molecular flexibility index (Phi) is 5.53. The highest BCUT2D eigenvalue weighted by atomic mass is 16.5. The van der Waals surface area contributed by atoms with Gasteiger partial charge in [-0.3, -0.25) is 4.79 Å². The molecule has 0 saturated carbocycles. The normalized spacial score (nSPS) is 23.1. The molecular weight excluding hydrogens is 384 g/mol. The molecule has 1 aromatic rings. The lowest BCUT2D eigenvalue weighted by Gasteiger charge is -2.23. The molecule has 0 spiro atoms. The zero-order valence-corrected chi connectivity index (χ0v) is 15.3. The third-order valence-electron chi connectivity index (χ3n) is 4.65. The van der Waals surface area contributed by atoms with Crippen LogP contribution in [0.3, 0.4) is 0 Å². The molecule has 0 aliphatic carbocycles.